The van der Waals surface area contributed by atoms with Crippen molar-refractivity contribution in [2.75, 3.05) is 12.4 Å². The largest absolute Gasteiger partial charge is 0.495 e. The van der Waals surface area contributed by atoms with Crippen LogP contribution in [-0.2, 0) is 4.79 Å². The minimum Gasteiger partial charge on any atom is -0.495 e. The summed E-state index contributed by atoms with van der Waals surface area (Å²) in [4.78, 5) is 27.1. The molecule has 21 heavy (non-hydrogen) atoms. The van der Waals surface area contributed by atoms with E-state index in [9.17, 15) is 9.59 Å². The average Bonchev–Trinajstić information content (AvgIpc) is 2.94. The quantitative estimate of drug-likeness (QED) is 0.829. The number of aliphatic carboxylic acids is 1. The second-order valence-corrected chi connectivity index (χ2v) is 4.81. The van der Waals surface area contributed by atoms with E-state index < -0.39 is 5.97 Å². The van der Waals surface area contributed by atoms with Crippen molar-refractivity contribution in [2.24, 2.45) is 0 Å². The molecule has 0 spiro atoms. The number of thiophene rings is 1. The number of methoxy groups -OCH3 is 1. The van der Waals surface area contributed by atoms with Crippen LogP contribution >= 0.6 is 11.3 Å². The maximum Gasteiger partial charge on any atom is 0.328 e. The van der Waals surface area contributed by atoms with Gasteiger partial charge in [-0.3, -0.25) is 4.79 Å². The van der Waals surface area contributed by atoms with Crippen molar-refractivity contribution >= 4 is 35.1 Å². The third-order valence-corrected chi connectivity index (χ3v) is 3.36. The minimum atomic E-state index is -1.06. The number of carboxylic acids is 1. The predicted octanol–water partition coefficient (Wildman–Crippen LogP) is 2.50. The Morgan fingerprint density at radius 2 is 2.19 bits per heavy atom. The lowest BCUT2D eigenvalue weighted by atomic mass is 10.3. The number of anilines is 1. The molecular formula is C14H12N2O4S. The lowest BCUT2D eigenvalue weighted by Crippen LogP contribution is -2.12. The zero-order chi connectivity index (χ0) is 15.2. The number of ether oxygens (including phenoxy) is 1. The van der Waals surface area contributed by atoms with Crippen LogP contribution in [0.5, 0.6) is 5.75 Å². The second-order valence-electron chi connectivity index (χ2n) is 3.89. The van der Waals surface area contributed by atoms with Gasteiger partial charge in [0.1, 0.15) is 16.4 Å². The topological polar surface area (TPSA) is 88.5 Å². The third kappa shape index (κ3) is 3.90. The molecule has 0 aliphatic carbocycles. The van der Waals surface area contributed by atoms with Gasteiger partial charge in [0.2, 0.25) is 0 Å². The number of carboxylic acid groups (broad SMARTS) is 1. The standard InChI is InChI=1S/C14H12N2O4S/c1-20-10-7-8-21-13(10)14(19)16-11-4-2-3-9(15-11)5-6-12(17)18/h2-8H,1H3,(H,17,18)(H,15,16,19)/b6-5+. The van der Waals surface area contributed by atoms with Crippen LogP contribution in [0.3, 0.4) is 0 Å². The number of pyridine rings is 1. The van der Waals surface area contributed by atoms with E-state index in [4.69, 9.17) is 9.84 Å². The predicted molar refractivity (Wildman–Crippen MR) is 79.7 cm³/mol. The van der Waals surface area contributed by atoms with Gasteiger partial charge in [0, 0.05) is 6.08 Å². The Morgan fingerprint density at radius 1 is 1.38 bits per heavy atom. The van der Waals surface area contributed by atoms with E-state index in [2.05, 4.69) is 10.3 Å². The van der Waals surface area contributed by atoms with E-state index in [0.29, 0.717) is 22.1 Å². The number of hydrogen-bond donors (Lipinski definition) is 2. The fraction of sp³-hybridized carbons (Fsp3) is 0.0714. The van der Waals surface area contributed by atoms with E-state index in [-0.39, 0.29) is 5.91 Å². The fourth-order valence-electron chi connectivity index (χ4n) is 1.57. The summed E-state index contributed by atoms with van der Waals surface area (Å²) in [5.41, 5.74) is 0.438. The molecule has 108 valence electrons. The summed E-state index contributed by atoms with van der Waals surface area (Å²) in [5, 5.41) is 13.0. The third-order valence-electron chi connectivity index (χ3n) is 2.46. The first-order valence-electron chi connectivity index (χ1n) is 5.91. The molecular weight excluding hydrogens is 292 g/mol. The maximum atomic E-state index is 12.1. The van der Waals surface area contributed by atoms with E-state index in [1.807, 2.05) is 0 Å². The highest BCUT2D eigenvalue weighted by Crippen LogP contribution is 2.25. The van der Waals surface area contributed by atoms with Crippen molar-refractivity contribution in [1.82, 2.24) is 4.98 Å². The van der Waals surface area contributed by atoms with Crippen molar-refractivity contribution in [3.05, 3.63) is 46.3 Å². The van der Waals surface area contributed by atoms with Crippen LogP contribution < -0.4 is 10.1 Å². The number of carbonyl (C=O) groups excluding carboxylic acids is 1. The molecule has 2 aromatic heterocycles. The normalized spacial score (nSPS) is 10.5. The number of hydrogen-bond acceptors (Lipinski definition) is 5. The Morgan fingerprint density at radius 3 is 2.90 bits per heavy atom. The zero-order valence-electron chi connectivity index (χ0n) is 11.1. The second kappa shape index (κ2) is 6.67. The van der Waals surface area contributed by atoms with Crippen LogP contribution in [0.15, 0.2) is 35.7 Å². The fourth-order valence-corrected chi connectivity index (χ4v) is 2.32. The average molecular weight is 304 g/mol. The van der Waals surface area contributed by atoms with Crippen molar-refractivity contribution in [2.45, 2.75) is 0 Å². The minimum absolute atomic E-state index is 0.325. The molecule has 2 rings (SSSR count). The van der Waals surface area contributed by atoms with E-state index >= 15 is 0 Å². The zero-order valence-corrected chi connectivity index (χ0v) is 11.9. The summed E-state index contributed by atoms with van der Waals surface area (Å²) in [5.74, 6) is -0.550. The number of carbonyl (C=O) groups is 2. The molecule has 2 aromatic rings. The van der Waals surface area contributed by atoms with Gasteiger partial charge >= 0.3 is 5.97 Å². The number of aromatic nitrogens is 1. The molecule has 0 saturated carbocycles. The highest BCUT2D eigenvalue weighted by atomic mass is 32.1. The highest BCUT2D eigenvalue weighted by Gasteiger charge is 2.14. The van der Waals surface area contributed by atoms with Crippen LogP contribution in [-0.4, -0.2) is 29.1 Å². The van der Waals surface area contributed by atoms with Crippen molar-refractivity contribution in [3.63, 3.8) is 0 Å². The monoisotopic (exact) mass is 304 g/mol. The molecule has 0 fully saturated rings. The summed E-state index contributed by atoms with van der Waals surface area (Å²) in [6.07, 6.45) is 2.33. The Kier molecular flexibility index (Phi) is 4.68. The SMILES string of the molecule is COc1ccsc1C(=O)Nc1cccc(/C=C/C(=O)O)n1. The Hall–Kier alpha value is -2.67. The van der Waals surface area contributed by atoms with Gasteiger partial charge in [-0.25, -0.2) is 9.78 Å². The van der Waals surface area contributed by atoms with Crippen molar-refractivity contribution in [1.29, 1.82) is 0 Å². The Balaban J connectivity index is 2.14. The molecule has 0 radical (unpaired) electrons. The molecule has 2 N–H and O–H groups in total. The van der Waals surface area contributed by atoms with Gasteiger partial charge in [-0.1, -0.05) is 6.07 Å². The molecule has 0 atom stereocenters. The maximum absolute atomic E-state index is 12.1. The molecule has 0 aliphatic heterocycles. The molecule has 0 unspecified atom stereocenters. The molecule has 0 aliphatic rings. The van der Waals surface area contributed by atoms with Gasteiger partial charge in [-0.2, -0.15) is 0 Å². The Bertz CT molecular complexity index is 694. The first-order valence-corrected chi connectivity index (χ1v) is 6.79. The van der Waals surface area contributed by atoms with E-state index in [1.54, 1.807) is 29.6 Å². The van der Waals surface area contributed by atoms with Crippen LogP contribution in [0.2, 0.25) is 0 Å². The van der Waals surface area contributed by atoms with Gasteiger partial charge in [0.15, 0.2) is 0 Å². The molecule has 2 heterocycles. The van der Waals surface area contributed by atoms with Crippen LogP contribution in [0.25, 0.3) is 6.08 Å². The molecule has 6 nitrogen and oxygen atoms in total. The lowest BCUT2D eigenvalue weighted by Gasteiger charge is -2.05. The summed E-state index contributed by atoms with van der Waals surface area (Å²) in [7, 11) is 1.49. The van der Waals surface area contributed by atoms with Gasteiger partial charge in [-0.05, 0) is 29.7 Å². The molecule has 0 aromatic carbocycles. The number of amides is 1. The van der Waals surface area contributed by atoms with Gasteiger partial charge in [0.25, 0.3) is 5.91 Å². The van der Waals surface area contributed by atoms with Crippen LogP contribution in [0, 0.1) is 0 Å². The number of nitrogens with zero attached hydrogens (tertiary/aromatic N) is 1. The molecule has 7 heteroatoms. The van der Waals surface area contributed by atoms with E-state index in [0.717, 1.165) is 6.08 Å². The summed E-state index contributed by atoms with van der Waals surface area (Å²) < 4.78 is 5.09. The first kappa shape index (κ1) is 14.7. The van der Waals surface area contributed by atoms with Crippen molar-refractivity contribution in [3.8, 4) is 5.75 Å². The summed E-state index contributed by atoms with van der Waals surface area (Å²) in [6, 6.07) is 6.64. The van der Waals surface area contributed by atoms with E-state index in [1.165, 1.54) is 24.5 Å². The lowest BCUT2D eigenvalue weighted by molar-refractivity contribution is -0.131. The molecule has 1 amide bonds. The van der Waals surface area contributed by atoms with Gasteiger partial charge < -0.3 is 15.2 Å². The number of rotatable bonds is 5. The highest BCUT2D eigenvalue weighted by molar-refractivity contribution is 7.12. The molecule has 0 saturated heterocycles. The Labute approximate surface area is 124 Å². The first-order chi connectivity index (χ1) is 10.1. The van der Waals surface area contributed by atoms with Gasteiger partial charge in [-0.15, -0.1) is 11.3 Å². The van der Waals surface area contributed by atoms with Crippen LogP contribution in [0.1, 0.15) is 15.4 Å². The number of nitrogens with one attached hydrogen (secondary N) is 1. The van der Waals surface area contributed by atoms with Gasteiger partial charge in [0.05, 0.1) is 12.8 Å². The summed E-state index contributed by atoms with van der Waals surface area (Å²) in [6.45, 7) is 0. The summed E-state index contributed by atoms with van der Waals surface area (Å²) >= 11 is 1.26. The molecule has 0 bridgehead atoms. The van der Waals surface area contributed by atoms with Crippen molar-refractivity contribution < 1.29 is 19.4 Å². The smallest absolute Gasteiger partial charge is 0.328 e. The van der Waals surface area contributed by atoms with Crippen LogP contribution in [0.4, 0.5) is 5.82 Å².